The lowest BCUT2D eigenvalue weighted by molar-refractivity contribution is -0.125. The Bertz CT molecular complexity index is 635. The highest BCUT2D eigenvalue weighted by molar-refractivity contribution is 6.26. The second kappa shape index (κ2) is 6.23. The van der Waals surface area contributed by atoms with Gasteiger partial charge in [-0.1, -0.05) is 12.1 Å². The summed E-state index contributed by atoms with van der Waals surface area (Å²) in [5, 5.41) is 14.2. The zero-order valence-corrected chi connectivity index (χ0v) is 12.5. The van der Waals surface area contributed by atoms with Gasteiger partial charge in [-0.3, -0.25) is 4.79 Å². The smallest absolute Gasteiger partial charge is 0.275 e. The lowest BCUT2D eigenvalue weighted by Crippen LogP contribution is -2.22. The third-order valence-electron chi connectivity index (χ3n) is 3.28. The van der Waals surface area contributed by atoms with Gasteiger partial charge < -0.3 is 4.90 Å². The van der Waals surface area contributed by atoms with Crippen molar-refractivity contribution in [3.63, 3.8) is 0 Å². The molecule has 108 valence electrons. The van der Waals surface area contributed by atoms with E-state index < -0.39 is 0 Å². The van der Waals surface area contributed by atoms with Crippen LogP contribution < -0.4 is 4.90 Å². The van der Waals surface area contributed by atoms with Crippen LogP contribution in [0.15, 0.2) is 34.9 Å². The first kappa shape index (κ1) is 14.8. The van der Waals surface area contributed by atoms with Crippen LogP contribution in [0, 0.1) is 11.3 Å². The number of carbonyl (C=O) groups excluding carboxylic acids is 1. The second-order valence-corrected chi connectivity index (χ2v) is 5.07. The van der Waals surface area contributed by atoms with Gasteiger partial charge in [-0.05, 0) is 30.7 Å². The monoisotopic (exact) mass is 282 g/mol. The molecule has 1 amide bonds. The Morgan fingerprint density at radius 1 is 1.33 bits per heavy atom. The van der Waals surface area contributed by atoms with Crippen LogP contribution in [0.3, 0.4) is 0 Å². The molecule has 0 unspecified atom stereocenters. The molecule has 21 heavy (non-hydrogen) atoms. The van der Waals surface area contributed by atoms with E-state index in [1.54, 1.807) is 0 Å². The molecule has 0 saturated carbocycles. The molecule has 0 bridgehead atoms. The Kier molecular flexibility index (Phi) is 4.39. The second-order valence-electron chi connectivity index (χ2n) is 5.07. The fraction of sp³-hybridized carbons (Fsp3) is 0.312. The fourth-order valence-corrected chi connectivity index (χ4v) is 2.08. The molecule has 0 atom stereocenters. The summed E-state index contributed by atoms with van der Waals surface area (Å²) in [5.41, 5.74) is 3.34. The maximum absolute atomic E-state index is 12.2. The van der Waals surface area contributed by atoms with E-state index in [9.17, 15) is 4.79 Å². The van der Waals surface area contributed by atoms with Gasteiger partial charge in [0.25, 0.3) is 5.91 Å². The number of anilines is 1. The van der Waals surface area contributed by atoms with Gasteiger partial charge in [0.1, 0.15) is 0 Å². The first-order valence-electron chi connectivity index (χ1n) is 6.76. The molecule has 1 aliphatic rings. The molecule has 0 radical (unpaired) electrons. The molecular formula is C16H18N4O. The van der Waals surface area contributed by atoms with Crippen LogP contribution in [-0.4, -0.2) is 37.3 Å². The van der Waals surface area contributed by atoms with Gasteiger partial charge in [0, 0.05) is 19.8 Å². The Hall–Kier alpha value is -2.61. The summed E-state index contributed by atoms with van der Waals surface area (Å²) < 4.78 is 0. The van der Waals surface area contributed by atoms with Gasteiger partial charge in [-0.2, -0.15) is 10.4 Å². The van der Waals surface area contributed by atoms with Crippen molar-refractivity contribution in [3.05, 3.63) is 35.4 Å². The van der Waals surface area contributed by atoms with Crippen molar-refractivity contribution in [1.29, 1.82) is 5.26 Å². The quantitative estimate of drug-likeness (QED) is 0.796. The predicted molar refractivity (Wildman–Crippen MR) is 83.8 cm³/mol. The molecule has 5 nitrogen and oxygen atoms in total. The van der Waals surface area contributed by atoms with Crippen LogP contribution in [0.4, 0.5) is 5.69 Å². The number of rotatable bonds is 4. The third-order valence-corrected chi connectivity index (χ3v) is 3.28. The zero-order valence-electron chi connectivity index (χ0n) is 12.5. The minimum Gasteiger partial charge on any atom is -0.378 e. The minimum absolute atomic E-state index is 0.139. The van der Waals surface area contributed by atoms with E-state index in [-0.39, 0.29) is 12.3 Å². The fourth-order valence-electron chi connectivity index (χ4n) is 2.08. The van der Waals surface area contributed by atoms with Gasteiger partial charge in [0.15, 0.2) is 0 Å². The largest absolute Gasteiger partial charge is 0.378 e. The molecule has 5 heteroatoms. The predicted octanol–water partition coefficient (Wildman–Crippen LogP) is 2.27. The van der Waals surface area contributed by atoms with E-state index in [0.29, 0.717) is 17.8 Å². The highest BCUT2D eigenvalue weighted by Gasteiger charge is 2.26. The van der Waals surface area contributed by atoms with E-state index in [1.807, 2.05) is 62.3 Å². The van der Waals surface area contributed by atoms with Gasteiger partial charge in [-0.15, -0.1) is 0 Å². The van der Waals surface area contributed by atoms with Gasteiger partial charge in [0.05, 0.1) is 30.3 Å². The van der Waals surface area contributed by atoms with E-state index in [1.165, 1.54) is 5.01 Å². The molecule has 0 aliphatic carbocycles. The molecule has 0 saturated heterocycles. The molecule has 2 rings (SSSR count). The number of hydrogen-bond donors (Lipinski definition) is 0. The summed E-state index contributed by atoms with van der Waals surface area (Å²) in [6.07, 6.45) is 2.13. The van der Waals surface area contributed by atoms with Crippen molar-refractivity contribution >= 4 is 23.4 Å². The number of carbonyl (C=O) groups is 1. The van der Waals surface area contributed by atoms with Crippen molar-refractivity contribution in [2.24, 2.45) is 5.10 Å². The summed E-state index contributed by atoms with van der Waals surface area (Å²) in [7, 11) is 3.97. The maximum Gasteiger partial charge on any atom is 0.275 e. The van der Waals surface area contributed by atoms with Crippen LogP contribution in [0.2, 0.25) is 0 Å². The third kappa shape index (κ3) is 3.29. The van der Waals surface area contributed by atoms with Gasteiger partial charge >= 0.3 is 0 Å². The highest BCUT2D eigenvalue weighted by atomic mass is 16.2. The van der Waals surface area contributed by atoms with Crippen LogP contribution in [0.1, 0.15) is 18.9 Å². The highest BCUT2D eigenvalue weighted by Crippen LogP contribution is 2.20. The van der Waals surface area contributed by atoms with Crippen LogP contribution in [0.5, 0.6) is 0 Å². The normalized spacial score (nSPS) is 16.1. The zero-order chi connectivity index (χ0) is 15.4. The molecule has 1 aliphatic heterocycles. The van der Waals surface area contributed by atoms with E-state index >= 15 is 0 Å². The van der Waals surface area contributed by atoms with Gasteiger partial charge in [-0.25, -0.2) is 5.01 Å². The minimum atomic E-state index is -0.139. The SMILES string of the molecule is CC1=NN(CCC#N)C(=O)/C1=C\c1ccc(N(C)C)cc1. The standard InChI is InChI=1S/C16H18N4O/c1-12-15(16(21)20(18-12)10-4-9-17)11-13-5-7-14(8-6-13)19(2)3/h5-8,11H,4,10H2,1-3H3/b15-11-. The molecule has 0 aromatic heterocycles. The topological polar surface area (TPSA) is 59.7 Å². The number of amides is 1. The first-order chi connectivity index (χ1) is 10.0. The lowest BCUT2D eigenvalue weighted by atomic mass is 10.1. The van der Waals surface area contributed by atoms with Crippen LogP contribution >= 0.6 is 0 Å². The number of hydrogen-bond acceptors (Lipinski definition) is 4. The molecule has 1 heterocycles. The summed E-state index contributed by atoms with van der Waals surface area (Å²) in [6.45, 7) is 2.15. The maximum atomic E-state index is 12.2. The van der Waals surface area contributed by atoms with E-state index in [4.69, 9.17) is 5.26 Å². The number of benzene rings is 1. The van der Waals surface area contributed by atoms with E-state index in [0.717, 1.165) is 11.3 Å². The van der Waals surface area contributed by atoms with Gasteiger partial charge in [0.2, 0.25) is 0 Å². The summed E-state index contributed by atoms with van der Waals surface area (Å²) >= 11 is 0. The average molecular weight is 282 g/mol. The molecule has 1 aromatic carbocycles. The summed E-state index contributed by atoms with van der Waals surface area (Å²) in [5.74, 6) is -0.139. The average Bonchev–Trinajstić information content (AvgIpc) is 2.73. The van der Waals surface area contributed by atoms with Crippen molar-refractivity contribution in [1.82, 2.24) is 5.01 Å². The lowest BCUT2D eigenvalue weighted by Gasteiger charge is -2.12. The first-order valence-corrected chi connectivity index (χ1v) is 6.76. The number of hydrazone groups is 1. The molecule has 0 spiro atoms. The van der Waals surface area contributed by atoms with Crippen LogP contribution in [-0.2, 0) is 4.79 Å². The Balaban J connectivity index is 2.20. The molecular weight excluding hydrogens is 264 g/mol. The molecule has 0 N–H and O–H groups in total. The Labute approximate surface area is 124 Å². The summed E-state index contributed by atoms with van der Waals surface area (Å²) in [6, 6.07) is 9.98. The van der Waals surface area contributed by atoms with Crippen molar-refractivity contribution < 1.29 is 4.79 Å². The summed E-state index contributed by atoms with van der Waals surface area (Å²) in [4.78, 5) is 14.2. The van der Waals surface area contributed by atoms with E-state index in [2.05, 4.69) is 5.10 Å². The van der Waals surface area contributed by atoms with Crippen molar-refractivity contribution in [2.75, 3.05) is 25.5 Å². The number of nitrogens with zero attached hydrogens (tertiary/aromatic N) is 4. The molecule has 1 aromatic rings. The van der Waals surface area contributed by atoms with Crippen molar-refractivity contribution in [2.45, 2.75) is 13.3 Å². The van der Waals surface area contributed by atoms with Crippen LogP contribution in [0.25, 0.3) is 6.08 Å². The van der Waals surface area contributed by atoms with Crippen molar-refractivity contribution in [3.8, 4) is 6.07 Å². The molecule has 0 fully saturated rings. The Morgan fingerprint density at radius 2 is 2.00 bits per heavy atom. The Morgan fingerprint density at radius 3 is 2.57 bits per heavy atom. The number of nitriles is 1.